The number of halogens is 4. The predicted molar refractivity (Wildman–Crippen MR) is 53.2 cm³/mol. The van der Waals surface area contributed by atoms with Gasteiger partial charge in [-0.25, -0.2) is 5.14 Å². The maximum Gasteiger partial charge on any atom is 0.418 e. The van der Waals surface area contributed by atoms with Crippen molar-refractivity contribution in [3.63, 3.8) is 0 Å². The van der Waals surface area contributed by atoms with Gasteiger partial charge in [-0.05, 0) is 12.1 Å². The number of rotatable bonds is 2. The van der Waals surface area contributed by atoms with Crippen molar-refractivity contribution in [1.29, 1.82) is 0 Å². The Labute approximate surface area is 94.4 Å². The molecule has 0 unspecified atom stereocenters. The lowest BCUT2D eigenvalue weighted by molar-refractivity contribution is -0.136. The van der Waals surface area contributed by atoms with E-state index in [4.69, 9.17) is 11.6 Å². The summed E-state index contributed by atoms with van der Waals surface area (Å²) in [5.41, 5.74) is -1.98. The molecule has 0 saturated carbocycles. The molecule has 9 heteroatoms. The molecule has 0 aliphatic carbocycles. The Bertz CT molecular complexity index is 501. The number of nitrogens with two attached hydrogens (primary N) is 1. The second kappa shape index (κ2) is 4.11. The molecule has 3 N–H and O–H groups in total. The van der Waals surface area contributed by atoms with Crippen LogP contribution in [0.25, 0.3) is 0 Å². The highest BCUT2D eigenvalue weighted by Gasteiger charge is 2.35. The second-order valence-electron chi connectivity index (χ2n) is 2.81. The van der Waals surface area contributed by atoms with Gasteiger partial charge in [-0.15, -0.1) is 0 Å². The van der Waals surface area contributed by atoms with Gasteiger partial charge in [0.1, 0.15) is 0 Å². The number of hydrogen-bond acceptors (Lipinski definition) is 2. The third-order valence-electron chi connectivity index (χ3n) is 1.56. The number of benzene rings is 1. The van der Waals surface area contributed by atoms with Gasteiger partial charge in [0.2, 0.25) is 0 Å². The van der Waals surface area contributed by atoms with Crippen LogP contribution in [0.4, 0.5) is 18.9 Å². The first-order valence-electron chi connectivity index (χ1n) is 3.77. The SMILES string of the molecule is NS(=O)(=O)Nc1c(Cl)cccc1C(F)(F)F. The van der Waals surface area contributed by atoms with Crippen LogP contribution in [0.2, 0.25) is 5.02 Å². The summed E-state index contributed by atoms with van der Waals surface area (Å²) in [4.78, 5) is 0. The van der Waals surface area contributed by atoms with E-state index in [1.165, 1.54) is 4.72 Å². The van der Waals surface area contributed by atoms with Gasteiger partial charge in [-0.1, -0.05) is 17.7 Å². The summed E-state index contributed by atoms with van der Waals surface area (Å²) >= 11 is 5.46. The lowest BCUT2D eigenvalue weighted by Gasteiger charge is -2.14. The van der Waals surface area contributed by atoms with Gasteiger partial charge in [0.15, 0.2) is 0 Å². The number of alkyl halides is 3. The number of nitrogens with one attached hydrogen (secondary N) is 1. The summed E-state index contributed by atoms with van der Waals surface area (Å²) in [6.07, 6.45) is -4.72. The van der Waals surface area contributed by atoms with Gasteiger partial charge >= 0.3 is 6.18 Å². The van der Waals surface area contributed by atoms with Crippen molar-refractivity contribution in [3.8, 4) is 0 Å². The highest BCUT2D eigenvalue weighted by atomic mass is 35.5. The predicted octanol–water partition coefficient (Wildman–Crippen LogP) is 1.97. The average Bonchev–Trinajstić information content (AvgIpc) is 2.04. The molecule has 0 aromatic heterocycles. The van der Waals surface area contributed by atoms with E-state index in [0.717, 1.165) is 12.1 Å². The molecule has 0 amide bonds. The minimum Gasteiger partial charge on any atom is -0.269 e. The summed E-state index contributed by atoms with van der Waals surface area (Å²) in [6.45, 7) is 0. The molecule has 1 aromatic rings. The monoisotopic (exact) mass is 274 g/mol. The Balaban J connectivity index is 3.36. The molecule has 1 rings (SSSR count). The quantitative estimate of drug-likeness (QED) is 0.865. The van der Waals surface area contributed by atoms with Gasteiger partial charge in [-0.2, -0.15) is 21.6 Å². The highest BCUT2D eigenvalue weighted by Crippen LogP contribution is 2.38. The highest BCUT2D eigenvalue weighted by molar-refractivity contribution is 7.90. The fraction of sp³-hybridized carbons (Fsp3) is 0.143. The fourth-order valence-electron chi connectivity index (χ4n) is 1.01. The Kier molecular flexibility index (Phi) is 3.36. The van der Waals surface area contributed by atoms with Gasteiger partial charge in [0.05, 0.1) is 16.3 Å². The van der Waals surface area contributed by atoms with Crippen LogP contribution in [0.3, 0.4) is 0 Å². The first kappa shape index (κ1) is 13.1. The zero-order chi connectivity index (χ0) is 12.6. The molecule has 90 valence electrons. The maximum atomic E-state index is 12.5. The molecule has 0 atom stereocenters. The third kappa shape index (κ3) is 3.26. The third-order valence-corrected chi connectivity index (χ3v) is 2.37. The van der Waals surface area contributed by atoms with E-state index in [9.17, 15) is 21.6 Å². The van der Waals surface area contributed by atoms with Gasteiger partial charge in [-0.3, -0.25) is 4.72 Å². The maximum absolute atomic E-state index is 12.5. The van der Waals surface area contributed by atoms with E-state index in [0.29, 0.717) is 6.07 Å². The molecule has 1 aromatic carbocycles. The smallest absolute Gasteiger partial charge is 0.269 e. The zero-order valence-electron chi connectivity index (χ0n) is 7.55. The molecule has 0 fully saturated rings. The summed E-state index contributed by atoms with van der Waals surface area (Å²) in [6, 6.07) is 2.86. The Hall–Kier alpha value is -0.990. The topological polar surface area (TPSA) is 72.2 Å². The normalized spacial score (nSPS) is 12.6. The van der Waals surface area contributed by atoms with Crippen LogP contribution in [0.5, 0.6) is 0 Å². The lowest BCUT2D eigenvalue weighted by atomic mass is 10.2. The average molecular weight is 275 g/mol. The van der Waals surface area contributed by atoms with Crippen LogP contribution in [0, 0.1) is 0 Å². The van der Waals surface area contributed by atoms with Gasteiger partial charge in [0.25, 0.3) is 10.2 Å². The van der Waals surface area contributed by atoms with Gasteiger partial charge in [0, 0.05) is 0 Å². The number of para-hydroxylation sites is 1. The van der Waals surface area contributed by atoms with E-state index in [2.05, 4.69) is 5.14 Å². The fourth-order valence-corrected chi connectivity index (χ4v) is 1.79. The Morgan fingerprint density at radius 1 is 1.31 bits per heavy atom. The molecule has 4 nitrogen and oxygen atoms in total. The summed E-state index contributed by atoms with van der Waals surface area (Å²) in [5, 5.41) is 4.20. The van der Waals surface area contributed by atoms with Crippen LogP contribution in [0.1, 0.15) is 5.56 Å². The Morgan fingerprint density at radius 2 is 1.88 bits per heavy atom. The minimum absolute atomic E-state index is 0.385. The largest absolute Gasteiger partial charge is 0.418 e. The molecule has 0 radical (unpaired) electrons. The molecule has 0 spiro atoms. The van der Waals surface area contributed by atoms with Crippen molar-refractivity contribution < 1.29 is 21.6 Å². The van der Waals surface area contributed by atoms with Crippen molar-refractivity contribution in [2.45, 2.75) is 6.18 Å². The lowest BCUT2D eigenvalue weighted by Crippen LogP contribution is -2.24. The minimum atomic E-state index is -4.72. The molecule has 0 aliphatic rings. The second-order valence-corrected chi connectivity index (χ2v) is 4.51. The summed E-state index contributed by atoms with van der Waals surface area (Å²) < 4.78 is 60.3. The summed E-state index contributed by atoms with van der Waals surface area (Å²) in [5.74, 6) is 0. The summed E-state index contributed by atoms with van der Waals surface area (Å²) in [7, 11) is -4.32. The van der Waals surface area contributed by atoms with E-state index < -0.39 is 27.6 Å². The molecule has 0 aliphatic heterocycles. The van der Waals surface area contributed by atoms with Crippen molar-refractivity contribution in [3.05, 3.63) is 28.8 Å². The molecule has 0 saturated heterocycles. The molecular weight excluding hydrogens is 269 g/mol. The first-order chi connectivity index (χ1) is 7.11. The van der Waals surface area contributed by atoms with E-state index in [-0.39, 0.29) is 5.02 Å². The van der Waals surface area contributed by atoms with Crippen molar-refractivity contribution in [1.82, 2.24) is 0 Å². The van der Waals surface area contributed by atoms with E-state index in [1.807, 2.05) is 0 Å². The van der Waals surface area contributed by atoms with E-state index >= 15 is 0 Å². The Morgan fingerprint density at radius 3 is 2.31 bits per heavy atom. The molecule has 16 heavy (non-hydrogen) atoms. The zero-order valence-corrected chi connectivity index (χ0v) is 9.12. The van der Waals surface area contributed by atoms with Crippen LogP contribution in [0.15, 0.2) is 18.2 Å². The first-order valence-corrected chi connectivity index (χ1v) is 5.70. The standard InChI is InChI=1S/C7H6ClF3N2O2S/c8-5-3-1-2-4(7(9,10)11)6(5)13-16(12,14)15/h1-3,13H,(H2,12,14,15). The number of hydrogen-bond donors (Lipinski definition) is 2. The number of anilines is 1. The molecular formula is C7H6ClF3N2O2S. The van der Waals surface area contributed by atoms with Crippen LogP contribution in [-0.2, 0) is 16.4 Å². The van der Waals surface area contributed by atoms with E-state index in [1.54, 1.807) is 0 Å². The molecule has 0 heterocycles. The van der Waals surface area contributed by atoms with Crippen LogP contribution < -0.4 is 9.86 Å². The van der Waals surface area contributed by atoms with Crippen molar-refractivity contribution in [2.75, 3.05) is 4.72 Å². The van der Waals surface area contributed by atoms with Crippen molar-refractivity contribution in [2.24, 2.45) is 5.14 Å². The molecule has 0 bridgehead atoms. The van der Waals surface area contributed by atoms with Crippen LogP contribution in [-0.4, -0.2) is 8.42 Å². The van der Waals surface area contributed by atoms with Crippen molar-refractivity contribution >= 4 is 27.5 Å². The van der Waals surface area contributed by atoms with Gasteiger partial charge < -0.3 is 0 Å². The van der Waals surface area contributed by atoms with Crippen LogP contribution >= 0.6 is 11.6 Å².